The molecule has 11 heteroatoms. The smallest absolute Gasteiger partial charge is 0.199 e. The van der Waals surface area contributed by atoms with Crippen LogP contribution in [-0.4, -0.2) is 68.9 Å². The Bertz CT molecular complexity index is 1510. The van der Waals surface area contributed by atoms with Crippen LogP contribution in [0.3, 0.4) is 0 Å². The number of piperazine rings is 1. The van der Waals surface area contributed by atoms with E-state index in [0.29, 0.717) is 25.3 Å². The third kappa shape index (κ3) is 8.41. The molecule has 3 aromatic rings. The SMILES string of the molecule is CCC(C)NN(C)N(O)c1ccc(N2CCN(c3ccc(OC[C@@H]4CO[C@](CC(/C=C\N)=C/N)(c5ccccc5C)O4)cc3)CC2)cc1. The summed E-state index contributed by atoms with van der Waals surface area (Å²) >= 11 is 0. The number of anilines is 3. The van der Waals surface area contributed by atoms with Gasteiger partial charge in [-0.2, -0.15) is 5.17 Å². The molecule has 0 amide bonds. The number of hydrazine groups is 2. The zero-order valence-electron chi connectivity index (χ0n) is 28.6. The molecule has 0 radical (unpaired) electrons. The number of hydrogen-bond donors (Lipinski definition) is 4. The molecule has 6 N–H and O–H groups in total. The highest BCUT2D eigenvalue weighted by Crippen LogP contribution is 2.41. The topological polar surface area (TPSA) is 125 Å². The fraction of sp³-hybridized carbons (Fsp3) is 0.405. The van der Waals surface area contributed by atoms with Crippen molar-refractivity contribution in [2.45, 2.75) is 51.5 Å². The molecule has 258 valence electrons. The summed E-state index contributed by atoms with van der Waals surface area (Å²) in [4.78, 5) is 4.77. The second kappa shape index (κ2) is 16.2. The second-order valence-corrected chi connectivity index (χ2v) is 12.4. The number of aryl methyl sites for hydroxylation is 1. The lowest BCUT2D eigenvalue weighted by molar-refractivity contribution is -0.178. The molecule has 2 aliphatic rings. The molecule has 3 atom stereocenters. The predicted molar refractivity (Wildman–Crippen MR) is 192 cm³/mol. The summed E-state index contributed by atoms with van der Waals surface area (Å²) in [5.74, 6) is -0.190. The van der Waals surface area contributed by atoms with Gasteiger partial charge in [-0.25, -0.2) is 5.43 Å². The number of hydrogen-bond acceptors (Lipinski definition) is 11. The lowest BCUT2D eigenvalue weighted by Crippen LogP contribution is -2.50. The third-order valence-corrected chi connectivity index (χ3v) is 9.04. The highest BCUT2D eigenvalue weighted by atomic mass is 16.8. The first-order chi connectivity index (χ1) is 23.2. The fourth-order valence-corrected chi connectivity index (χ4v) is 6.14. The Kier molecular flexibility index (Phi) is 11.9. The van der Waals surface area contributed by atoms with Gasteiger partial charge in [-0.1, -0.05) is 31.2 Å². The maximum absolute atomic E-state index is 10.6. The Labute approximate surface area is 284 Å². The molecule has 0 bridgehead atoms. The molecule has 2 heterocycles. The van der Waals surface area contributed by atoms with Crippen LogP contribution in [0.4, 0.5) is 17.1 Å². The van der Waals surface area contributed by atoms with Gasteiger partial charge in [-0.05, 0) is 98.4 Å². The summed E-state index contributed by atoms with van der Waals surface area (Å²) in [6.07, 6.45) is 5.92. The van der Waals surface area contributed by atoms with Crippen molar-refractivity contribution < 1.29 is 19.4 Å². The van der Waals surface area contributed by atoms with E-state index in [-0.39, 0.29) is 12.1 Å². The summed E-state index contributed by atoms with van der Waals surface area (Å²) in [6.45, 7) is 10.6. The van der Waals surface area contributed by atoms with Crippen molar-refractivity contribution in [2.24, 2.45) is 11.5 Å². The van der Waals surface area contributed by atoms with Crippen LogP contribution in [0.1, 0.15) is 37.8 Å². The molecule has 3 aromatic carbocycles. The highest BCUT2D eigenvalue weighted by Gasteiger charge is 2.44. The first kappa shape index (κ1) is 35.1. The second-order valence-electron chi connectivity index (χ2n) is 12.4. The van der Waals surface area contributed by atoms with Gasteiger partial charge < -0.3 is 35.5 Å². The Balaban J connectivity index is 1.12. The Morgan fingerprint density at radius 2 is 1.65 bits per heavy atom. The van der Waals surface area contributed by atoms with Gasteiger partial charge in [0.2, 0.25) is 0 Å². The van der Waals surface area contributed by atoms with E-state index in [1.54, 1.807) is 18.2 Å². The largest absolute Gasteiger partial charge is 0.491 e. The van der Waals surface area contributed by atoms with Gasteiger partial charge in [0.25, 0.3) is 0 Å². The predicted octanol–water partition coefficient (Wildman–Crippen LogP) is 5.02. The van der Waals surface area contributed by atoms with E-state index in [9.17, 15) is 5.21 Å². The van der Waals surface area contributed by atoms with Crippen molar-refractivity contribution in [1.29, 1.82) is 0 Å². The van der Waals surface area contributed by atoms with E-state index in [1.807, 2.05) is 42.5 Å². The Morgan fingerprint density at radius 3 is 2.23 bits per heavy atom. The van der Waals surface area contributed by atoms with Crippen molar-refractivity contribution in [3.63, 3.8) is 0 Å². The minimum absolute atomic E-state index is 0.255. The van der Waals surface area contributed by atoms with Gasteiger partial charge >= 0.3 is 0 Å². The number of ether oxygens (including phenoxy) is 3. The van der Waals surface area contributed by atoms with Crippen molar-refractivity contribution in [3.05, 3.63) is 108 Å². The van der Waals surface area contributed by atoms with Crippen LogP contribution in [0.2, 0.25) is 0 Å². The van der Waals surface area contributed by atoms with Gasteiger partial charge in [0.05, 0.1) is 12.3 Å². The molecule has 2 aliphatic heterocycles. The minimum Gasteiger partial charge on any atom is -0.491 e. The number of allylic oxidation sites excluding steroid dienone is 1. The van der Waals surface area contributed by atoms with Crippen molar-refractivity contribution in [1.82, 2.24) is 10.5 Å². The van der Waals surface area contributed by atoms with E-state index in [4.69, 9.17) is 25.7 Å². The molecule has 0 aromatic heterocycles. The van der Waals surface area contributed by atoms with E-state index in [1.165, 1.54) is 12.4 Å². The maximum atomic E-state index is 10.6. The highest BCUT2D eigenvalue weighted by molar-refractivity contribution is 5.57. The van der Waals surface area contributed by atoms with Crippen molar-refractivity contribution >= 4 is 17.1 Å². The van der Waals surface area contributed by atoms with E-state index in [2.05, 4.69) is 66.3 Å². The summed E-state index contributed by atoms with van der Waals surface area (Å²) in [7, 11) is 1.80. The van der Waals surface area contributed by atoms with Crippen LogP contribution in [0.15, 0.2) is 96.8 Å². The molecule has 2 saturated heterocycles. The first-order valence-corrected chi connectivity index (χ1v) is 16.7. The van der Waals surface area contributed by atoms with Crippen LogP contribution in [-0.2, 0) is 15.3 Å². The average Bonchev–Trinajstić information content (AvgIpc) is 3.54. The Morgan fingerprint density at radius 1 is 1.02 bits per heavy atom. The fourth-order valence-electron chi connectivity index (χ4n) is 6.14. The molecule has 0 saturated carbocycles. The van der Waals surface area contributed by atoms with Gasteiger partial charge in [0.15, 0.2) is 5.79 Å². The molecule has 0 aliphatic carbocycles. The summed E-state index contributed by atoms with van der Waals surface area (Å²) in [6, 6.07) is 24.6. The van der Waals surface area contributed by atoms with Crippen LogP contribution in [0.25, 0.3) is 0 Å². The lowest BCUT2D eigenvalue weighted by Gasteiger charge is -2.37. The number of rotatable bonds is 14. The minimum atomic E-state index is -0.974. The number of nitrogens with zero attached hydrogens (tertiary/aromatic N) is 4. The van der Waals surface area contributed by atoms with Crippen molar-refractivity contribution in [2.75, 3.05) is 61.4 Å². The number of nitrogens with two attached hydrogens (primary N) is 2. The van der Waals surface area contributed by atoms with Gasteiger partial charge in [-0.15, -0.1) is 5.12 Å². The molecule has 11 nitrogen and oxygen atoms in total. The van der Waals surface area contributed by atoms with Gasteiger partial charge in [0, 0.05) is 62.6 Å². The maximum Gasteiger partial charge on any atom is 0.199 e. The van der Waals surface area contributed by atoms with Crippen molar-refractivity contribution in [3.8, 4) is 5.75 Å². The lowest BCUT2D eigenvalue weighted by atomic mass is 9.94. The standard InChI is InChI=1S/C37H51N7O4/c1-5-29(3)40-41(4)44(45)33-12-10-31(11-13-33)42-20-22-43(23-21-42)32-14-16-34(17-15-32)46-26-35-27-47-37(48-35,24-30(25-39)18-19-38)36-9-7-6-8-28(36)2/h6-19,25,29,35,40,45H,5,20-24,26-27,38-39H2,1-4H3/b19-18-,30-25+/t29?,35-,37+/m1/s1. The molecule has 2 fully saturated rings. The van der Waals surface area contributed by atoms with E-state index >= 15 is 0 Å². The summed E-state index contributed by atoms with van der Waals surface area (Å²) in [5, 5.41) is 13.3. The molecule has 1 unspecified atom stereocenters. The zero-order valence-corrected chi connectivity index (χ0v) is 28.6. The van der Waals surface area contributed by atoms with Gasteiger partial charge in [0.1, 0.15) is 18.5 Å². The third-order valence-electron chi connectivity index (χ3n) is 9.04. The monoisotopic (exact) mass is 657 g/mol. The Hall–Kier alpha value is -4.26. The van der Waals surface area contributed by atoms with Gasteiger partial charge in [-0.3, -0.25) is 5.21 Å². The van der Waals surface area contributed by atoms with Crippen LogP contribution < -0.4 is 36.6 Å². The molecule has 5 rings (SSSR count). The summed E-state index contributed by atoms with van der Waals surface area (Å²) < 4.78 is 19.1. The number of nitrogens with one attached hydrogen (secondary N) is 1. The normalized spacial score (nSPS) is 20.9. The van der Waals surface area contributed by atoms with E-state index in [0.717, 1.165) is 71.6 Å². The summed E-state index contributed by atoms with van der Waals surface area (Å²) in [5.41, 5.74) is 20.7. The molecular formula is C37H51N7O4. The quantitative estimate of drug-likeness (QED) is 0.138. The molecule has 48 heavy (non-hydrogen) atoms. The molecule has 0 spiro atoms. The van der Waals surface area contributed by atoms with Crippen LogP contribution in [0.5, 0.6) is 5.75 Å². The molecular weight excluding hydrogens is 606 g/mol. The van der Waals surface area contributed by atoms with Crippen LogP contribution in [0, 0.1) is 6.92 Å². The first-order valence-electron chi connectivity index (χ1n) is 16.7. The average molecular weight is 658 g/mol. The van der Waals surface area contributed by atoms with E-state index < -0.39 is 5.79 Å². The van der Waals surface area contributed by atoms with Crippen LogP contribution >= 0.6 is 0 Å². The number of benzene rings is 3. The zero-order chi connectivity index (χ0) is 34.1.